The number of hydrogen-bond acceptors (Lipinski definition) is 4. The van der Waals surface area contributed by atoms with Crippen molar-refractivity contribution in [3.8, 4) is 0 Å². The maximum atomic E-state index is 11.5. The number of ether oxygens (including phenoxy) is 1. The van der Waals surface area contributed by atoms with E-state index in [1.165, 1.54) is 12.1 Å². The summed E-state index contributed by atoms with van der Waals surface area (Å²) in [5.41, 5.74) is -0.628. The fourth-order valence-electron chi connectivity index (χ4n) is 1.23. The predicted octanol–water partition coefficient (Wildman–Crippen LogP) is 0.301. The van der Waals surface area contributed by atoms with Crippen LogP contribution in [-0.4, -0.2) is 30.0 Å². The standard InChI is InChI=1S/C11H14N2O4/c1-3-12-10(15)8-6-5-7(9(14)13-8)11(16)17-4-2/h5-6H,3-4H2,1-2H3,(H,12,15)(H,13,14). The monoisotopic (exact) mass is 238 g/mol. The van der Waals surface area contributed by atoms with Gasteiger partial charge in [0.25, 0.3) is 11.5 Å². The zero-order valence-electron chi connectivity index (χ0n) is 9.70. The summed E-state index contributed by atoms with van der Waals surface area (Å²) < 4.78 is 4.70. The largest absolute Gasteiger partial charge is 0.462 e. The van der Waals surface area contributed by atoms with E-state index < -0.39 is 11.5 Å². The molecule has 6 nitrogen and oxygen atoms in total. The second kappa shape index (κ2) is 5.83. The number of H-pyrrole nitrogens is 1. The highest BCUT2D eigenvalue weighted by molar-refractivity contribution is 5.94. The summed E-state index contributed by atoms with van der Waals surface area (Å²) in [7, 11) is 0. The highest BCUT2D eigenvalue weighted by atomic mass is 16.5. The molecule has 1 heterocycles. The maximum Gasteiger partial charge on any atom is 0.343 e. The van der Waals surface area contributed by atoms with Gasteiger partial charge < -0.3 is 15.0 Å². The molecule has 0 unspecified atom stereocenters. The van der Waals surface area contributed by atoms with Crippen molar-refractivity contribution in [1.29, 1.82) is 0 Å². The number of rotatable bonds is 4. The first kappa shape index (κ1) is 13.0. The average molecular weight is 238 g/mol. The van der Waals surface area contributed by atoms with Gasteiger partial charge in [-0.2, -0.15) is 0 Å². The molecule has 0 saturated carbocycles. The van der Waals surface area contributed by atoms with Crippen molar-refractivity contribution in [2.75, 3.05) is 13.2 Å². The number of esters is 1. The van der Waals surface area contributed by atoms with Gasteiger partial charge in [0.05, 0.1) is 6.61 Å². The average Bonchev–Trinajstić information content (AvgIpc) is 2.29. The molecule has 0 aliphatic carbocycles. The SMILES string of the molecule is CCNC(=O)c1ccc(C(=O)OCC)c(=O)[nH]1. The summed E-state index contributed by atoms with van der Waals surface area (Å²) in [4.78, 5) is 36.6. The molecule has 1 rings (SSSR count). The van der Waals surface area contributed by atoms with Crippen molar-refractivity contribution in [3.63, 3.8) is 0 Å². The minimum absolute atomic E-state index is 0.111. The molecule has 0 aliphatic rings. The van der Waals surface area contributed by atoms with Gasteiger partial charge in [-0.1, -0.05) is 0 Å². The lowest BCUT2D eigenvalue weighted by atomic mass is 10.2. The summed E-state index contributed by atoms with van der Waals surface area (Å²) in [6.45, 7) is 4.06. The predicted molar refractivity (Wildman–Crippen MR) is 61.0 cm³/mol. The molecule has 0 spiro atoms. The van der Waals surface area contributed by atoms with E-state index in [1.54, 1.807) is 13.8 Å². The van der Waals surface area contributed by atoms with Crippen molar-refractivity contribution in [2.24, 2.45) is 0 Å². The number of aromatic nitrogens is 1. The van der Waals surface area contributed by atoms with Gasteiger partial charge >= 0.3 is 5.97 Å². The van der Waals surface area contributed by atoms with Crippen LogP contribution in [0.25, 0.3) is 0 Å². The fourth-order valence-corrected chi connectivity index (χ4v) is 1.23. The van der Waals surface area contributed by atoms with Crippen LogP contribution in [0.5, 0.6) is 0 Å². The van der Waals surface area contributed by atoms with Crippen molar-refractivity contribution in [3.05, 3.63) is 33.7 Å². The molecule has 17 heavy (non-hydrogen) atoms. The van der Waals surface area contributed by atoms with Crippen LogP contribution in [-0.2, 0) is 4.74 Å². The van der Waals surface area contributed by atoms with Crippen molar-refractivity contribution < 1.29 is 14.3 Å². The first-order valence-corrected chi connectivity index (χ1v) is 5.28. The molecule has 1 aromatic rings. The number of hydrogen-bond donors (Lipinski definition) is 2. The molecule has 0 aromatic carbocycles. The summed E-state index contributed by atoms with van der Waals surface area (Å²) in [6, 6.07) is 2.65. The van der Waals surface area contributed by atoms with E-state index in [1.807, 2.05) is 0 Å². The Labute approximate surface area is 98.0 Å². The maximum absolute atomic E-state index is 11.5. The third-order valence-electron chi connectivity index (χ3n) is 1.99. The first-order chi connectivity index (χ1) is 8.10. The third-order valence-corrected chi connectivity index (χ3v) is 1.99. The molecule has 2 N–H and O–H groups in total. The lowest BCUT2D eigenvalue weighted by Gasteiger charge is -2.03. The fraction of sp³-hybridized carbons (Fsp3) is 0.364. The van der Waals surface area contributed by atoms with E-state index >= 15 is 0 Å². The molecular formula is C11H14N2O4. The smallest absolute Gasteiger partial charge is 0.343 e. The molecule has 0 fully saturated rings. The van der Waals surface area contributed by atoms with Gasteiger partial charge in [-0.3, -0.25) is 9.59 Å². The van der Waals surface area contributed by atoms with Crippen LogP contribution in [0, 0.1) is 0 Å². The topological polar surface area (TPSA) is 88.3 Å². The normalized spacial score (nSPS) is 9.76. The molecule has 0 radical (unpaired) electrons. The van der Waals surface area contributed by atoms with Crippen LogP contribution in [0.3, 0.4) is 0 Å². The quantitative estimate of drug-likeness (QED) is 0.738. The second-order valence-electron chi connectivity index (χ2n) is 3.19. The lowest BCUT2D eigenvalue weighted by molar-refractivity contribution is 0.0523. The number of amides is 1. The van der Waals surface area contributed by atoms with E-state index in [-0.39, 0.29) is 23.8 Å². The van der Waals surface area contributed by atoms with Crippen molar-refractivity contribution in [2.45, 2.75) is 13.8 Å². The first-order valence-electron chi connectivity index (χ1n) is 5.28. The van der Waals surface area contributed by atoms with Crippen LogP contribution >= 0.6 is 0 Å². The van der Waals surface area contributed by atoms with Gasteiger partial charge in [0.1, 0.15) is 11.3 Å². The number of nitrogens with one attached hydrogen (secondary N) is 2. The second-order valence-corrected chi connectivity index (χ2v) is 3.19. The van der Waals surface area contributed by atoms with E-state index in [2.05, 4.69) is 10.3 Å². The minimum Gasteiger partial charge on any atom is -0.462 e. The highest BCUT2D eigenvalue weighted by Crippen LogP contribution is 1.97. The summed E-state index contributed by atoms with van der Waals surface area (Å²) in [5, 5.41) is 2.54. The third kappa shape index (κ3) is 3.17. The zero-order chi connectivity index (χ0) is 12.8. The zero-order valence-corrected chi connectivity index (χ0v) is 9.70. The van der Waals surface area contributed by atoms with Crippen LogP contribution in [0.1, 0.15) is 34.7 Å². The van der Waals surface area contributed by atoms with Gasteiger partial charge in [0, 0.05) is 6.54 Å². The van der Waals surface area contributed by atoms with Crippen LogP contribution in [0.2, 0.25) is 0 Å². The summed E-state index contributed by atoms with van der Waals surface area (Å²) >= 11 is 0. The Balaban J connectivity index is 2.98. The lowest BCUT2D eigenvalue weighted by Crippen LogP contribution is -2.28. The number of carbonyl (C=O) groups excluding carboxylic acids is 2. The molecular weight excluding hydrogens is 224 g/mol. The molecule has 1 aromatic heterocycles. The van der Waals surface area contributed by atoms with E-state index in [9.17, 15) is 14.4 Å². The molecule has 1 amide bonds. The molecule has 0 saturated heterocycles. The number of carbonyl (C=O) groups is 2. The summed E-state index contributed by atoms with van der Waals surface area (Å²) in [5.74, 6) is -1.09. The highest BCUT2D eigenvalue weighted by Gasteiger charge is 2.13. The van der Waals surface area contributed by atoms with E-state index in [0.29, 0.717) is 6.54 Å². The number of pyridine rings is 1. The summed E-state index contributed by atoms with van der Waals surface area (Å²) in [6.07, 6.45) is 0. The van der Waals surface area contributed by atoms with Gasteiger partial charge in [0.15, 0.2) is 0 Å². The Morgan fingerprint density at radius 1 is 1.35 bits per heavy atom. The van der Waals surface area contributed by atoms with Crippen LogP contribution < -0.4 is 10.9 Å². The number of aromatic amines is 1. The molecule has 0 bridgehead atoms. The van der Waals surface area contributed by atoms with E-state index in [0.717, 1.165) is 0 Å². The Morgan fingerprint density at radius 2 is 2.06 bits per heavy atom. The van der Waals surface area contributed by atoms with Gasteiger partial charge in [-0.25, -0.2) is 4.79 Å². The van der Waals surface area contributed by atoms with Crippen LogP contribution in [0.4, 0.5) is 0 Å². The Hall–Kier alpha value is -2.11. The van der Waals surface area contributed by atoms with Gasteiger partial charge in [-0.15, -0.1) is 0 Å². The molecule has 0 aliphatic heterocycles. The van der Waals surface area contributed by atoms with Crippen molar-refractivity contribution >= 4 is 11.9 Å². The van der Waals surface area contributed by atoms with E-state index in [4.69, 9.17) is 4.74 Å². The van der Waals surface area contributed by atoms with Crippen molar-refractivity contribution in [1.82, 2.24) is 10.3 Å². The Kier molecular flexibility index (Phi) is 4.45. The molecule has 0 atom stereocenters. The van der Waals surface area contributed by atoms with Crippen LogP contribution in [0.15, 0.2) is 16.9 Å². The Bertz CT molecular complexity index is 479. The van der Waals surface area contributed by atoms with Gasteiger partial charge in [-0.05, 0) is 26.0 Å². The molecule has 6 heteroatoms. The molecule has 92 valence electrons. The minimum atomic E-state index is -0.698. The van der Waals surface area contributed by atoms with Gasteiger partial charge in [0.2, 0.25) is 0 Å². The Morgan fingerprint density at radius 3 is 2.59 bits per heavy atom.